The van der Waals surface area contributed by atoms with E-state index in [1.54, 1.807) is 42.1 Å². The van der Waals surface area contributed by atoms with E-state index in [0.717, 1.165) is 11.1 Å². The highest BCUT2D eigenvalue weighted by Crippen LogP contribution is 2.35. The summed E-state index contributed by atoms with van der Waals surface area (Å²) in [6, 6.07) is 11.7. The van der Waals surface area contributed by atoms with Gasteiger partial charge in [-0.2, -0.15) is 5.10 Å². The summed E-state index contributed by atoms with van der Waals surface area (Å²) in [5.41, 5.74) is 4.83. The number of methoxy groups -OCH3 is 1. The smallest absolute Gasteiger partial charge is 0.258 e. The highest BCUT2D eigenvalue weighted by molar-refractivity contribution is 6.05. The number of halogens is 2. The van der Waals surface area contributed by atoms with Crippen LogP contribution in [-0.4, -0.2) is 130 Å². The average Bonchev–Trinajstić information content (AvgIpc) is 4.00. The third kappa shape index (κ3) is 9.04. The van der Waals surface area contributed by atoms with Crippen LogP contribution < -0.4 is 20.3 Å². The Kier molecular flexibility index (Phi) is 12.4. The average molecular weight is 895 g/mol. The molecule has 65 heavy (non-hydrogen) atoms. The van der Waals surface area contributed by atoms with E-state index < -0.39 is 29.4 Å². The van der Waals surface area contributed by atoms with Crippen molar-refractivity contribution in [3.05, 3.63) is 82.7 Å². The molecule has 4 aliphatic rings. The van der Waals surface area contributed by atoms with Gasteiger partial charge in [0, 0.05) is 82.4 Å². The maximum Gasteiger partial charge on any atom is 0.258 e. The first-order valence-electron chi connectivity index (χ1n) is 22.0. The van der Waals surface area contributed by atoms with E-state index >= 15 is 8.78 Å². The third-order valence-corrected chi connectivity index (χ3v) is 12.7. The van der Waals surface area contributed by atoms with E-state index in [4.69, 9.17) is 19.2 Å². The number of nitrogens with one attached hydrogen (secondary N) is 2. The van der Waals surface area contributed by atoms with Gasteiger partial charge in [-0.05, 0) is 68.7 Å². The zero-order valence-electron chi connectivity index (χ0n) is 36.8. The van der Waals surface area contributed by atoms with Crippen LogP contribution in [0, 0.1) is 24.5 Å². The molecule has 342 valence electrons. The summed E-state index contributed by atoms with van der Waals surface area (Å²) in [4.78, 5) is 67.5. The van der Waals surface area contributed by atoms with Crippen LogP contribution in [0.1, 0.15) is 59.3 Å². The summed E-state index contributed by atoms with van der Waals surface area (Å²) >= 11 is 0. The number of piperazine rings is 1. The number of imide groups is 1. The molecule has 2 aromatic carbocycles. The lowest BCUT2D eigenvalue weighted by atomic mass is 9.89. The number of ether oxygens (including phenoxy) is 3. The zero-order chi connectivity index (χ0) is 45.5. The molecule has 9 rings (SSSR count). The molecular formula is C46H52F2N10O7. The van der Waals surface area contributed by atoms with Crippen molar-refractivity contribution in [1.82, 2.24) is 39.4 Å². The van der Waals surface area contributed by atoms with Crippen molar-refractivity contribution >= 4 is 46.3 Å². The van der Waals surface area contributed by atoms with E-state index in [2.05, 4.69) is 31.7 Å². The Labute approximate surface area is 374 Å². The Hall–Kier alpha value is -6.31. The van der Waals surface area contributed by atoms with Gasteiger partial charge in [0.25, 0.3) is 5.91 Å². The van der Waals surface area contributed by atoms with Crippen molar-refractivity contribution in [2.24, 2.45) is 13.0 Å². The number of aromatic nitrogens is 5. The number of nitrogens with zero attached hydrogens (tertiary/aromatic N) is 8. The minimum Gasteiger partial charge on any atom is -0.475 e. The van der Waals surface area contributed by atoms with Crippen LogP contribution in [0.25, 0.3) is 22.3 Å². The third-order valence-electron chi connectivity index (χ3n) is 12.7. The van der Waals surface area contributed by atoms with Crippen molar-refractivity contribution in [2.45, 2.75) is 64.3 Å². The normalized spacial score (nSPS) is 22.2. The second-order valence-electron chi connectivity index (χ2n) is 17.4. The molecule has 4 atom stereocenters. The molecule has 0 unspecified atom stereocenters. The SMILES string of the molecule is COC[C@@H]1CN(Cc2ccc3nc4n(c3c2)C[C@H](C)OCCOc2c(cnn2C)-c2cc(cc(C)n2)C(=O)N4)CCN1C(=O)[C@@H]1CCN(c2cc(F)c([C@@H]3CCC(=O)NC3=O)c(F)c2)C1. The molecule has 3 aromatic heterocycles. The topological polar surface area (TPSA) is 178 Å². The molecule has 0 spiro atoms. The highest BCUT2D eigenvalue weighted by Gasteiger charge is 2.39. The molecule has 0 saturated carbocycles. The van der Waals surface area contributed by atoms with Crippen LogP contribution >= 0.6 is 0 Å². The van der Waals surface area contributed by atoms with Gasteiger partial charge in [0.05, 0.1) is 72.2 Å². The second kappa shape index (κ2) is 18.3. The number of piperidine rings is 1. The molecular weight excluding hydrogens is 843 g/mol. The van der Waals surface area contributed by atoms with Crippen LogP contribution in [0.15, 0.2) is 48.7 Å². The fourth-order valence-corrected chi connectivity index (χ4v) is 9.56. The van der Waals surface area contributed by atoms with Crippen LogP contribution in [0.3, 0.4) is 0 Å². The van der Waals surface area contributed by atoms with Gasteiger partial charge in [0.1, 0.15) is 18.2 Å². The molecule has 7 heterocycles. The van der Waals surface area contributed by atoms with Crippen molar-refractivity contribution in [2.75, 3.05) is 69.9 Å². The van der Waals surface area contributed by atoms with Gasteiger partial charge in [-0.25, -0.2) is 18.4 Å². The number of benzene rings is 2. The standard InChI is InChI=1S/C46H52F2N10O7/c1-26-15-30-17-38(50-26)34-20-49-54(3)45(34)65-14-13-64-27(2)21-58-39-16-28(5-7-37(39)51-46(58)53-42(30)60)22-55-11-12-57(32(24-55)25-63-4)44(62)29-9-10-56(23-29)31-18-35(47)41(36(48)19-31)33-6-8-40(59)52-43(33)61/h5,7,15-20,27,29,32-33H,6,8-14,21-25H2,1-4H3,(H,51,53,60)(H,52,59,61)/t27-,29+,32-,33-/m0/s1. The summed E-state index contributed by atoms with van der Waals surface area (Å²) < 4.78 is 52.4. The van der Waals surface area contributed by atoms with Crippen molar-refractivity contribution in [1.29, 1.82) is 0 Å². The van der Waals surface area contributed by atoms with Gasteiger partial charge in [-0.3, -0.25) is 39.7 Å². The molecule has 3 saturated heterocycles. The maximum atomic E-state index is 15.4. The summed E-state index contributed by atoms with van der Waals surface area (Å²) in [5, 5.41) is 9.58. The molecule has 4 aliphatic heterocycles. The summed E-state index contributed by atoms with van der Waals surface area (Å²) in [6.45, 7) is 8.09. The molecule has 5 aromatic rings. The minimum atomic E-state index is -1.09. The fourth-order valence-electron chi connectivity index (χ4n) is 9.56. The molecule has 17 nitrogen and oxygen atoms in total. The molecule has 2 bridgehead atoms. The van der Waals surface area contributed by atoms with Crippen LogP contribution in [0.5, 0.6) is 5.88 Å². The first kappa shape index (κ1) is 43.9. The van der Waals surface area contributed by atoms with Crippen LogP contribution in [-0.2, 0) is 44.0 Å². The van der Waals surface area contributed by atoms with Gasteiger partial charge < -0.3 is 28.6 Å². The van der Waals surface area contributed by atoms with Crippen molar-refractivity contribution in [3.8, 4) is 17.1 Å². The van der Waals surface area contributed by atoms with Gasteiger partial charge in [0.2, 0.25) is 29.5 Å². The first-order valence-corrected chi connectivity index (χ1v) is 22.0. The molecule has 4 amide bonds. The Bertz CT molecular complexity index is 2650. The number of hydrogen-bond acceptors (Lipinski definition) is 12. The van der Waals surface area contributed by atoms with E-state index in [1.807, 2.05) is 35.4 Å². The Morgan fingerprint density at radius 3 is 2.55 bits per heavy atom. The number of carbonyl (C=O) groups excluding carboxylic acids is 4. The molecule has 0 aliphatic carbocycles. The molecule has 2 N–H and O–H groups in total. The molecule has 0 radical (unpaired) electrons. The largest absolute Gasteiger partial charge is 0.475 e. The highest BCUT2D eigenvalue weighted by atomic mass is 19.1. The van der Waals surface area contributed by atoms with Gasteiger partial charge in [-0.1, -0.05) is 6.07 Å². The lowest BCUT2D eigenvalue weighted by Gasteiger charge is -2.42. The van der Waals surface area contributed by atoms with Crippen LogP contribution in [0.2, 0.25) is 0 Å². The number of anilines is 2. The van der Waals surface area contributed by atoms with Gasteiger partial charge in [-0.15, -0.1) is 0 Å². The number of hydrogen-bond donors (Lipinski definition) is 2. The predicted molar refractivity (Wildman–Crippen MR) is 234 cm³/mol. The van der Waals surface area contributed by atoms with E-state index in [0.29, 0.717) is 104 Å². The van der Waals surface area contributed by atoms with E-state index in [1.165, 1.54) is 12.1 Å². The number of aryl methyl sites for hydroxylation is 2. The lowest BCUT2D eigenvalue weighted by Crippen LogP contribution is -2.57. The molecule has 3 fully saturated rings. The Balaban J connectivity index is 0.887. The fraction of sp³-hybridized carbons (Fsp3) is 0.457. The zero-order valence-corrected chi connectivity index (χ0v) is 36.8. The number of amides is 4. The number of pyridine rings is 1. The maximum absolute atomic E-state index is 15.4. The van der Waals surface area contributed by atoms with Gasteiger partial charge >= 0.3 is 0 Å². The lowest BCUT2D eigenvalue weighted by molar-refractivity contribution is -0.141. The number of imidazole rings is 1. The minimum absolute atomic E-state index is 0.00744. The van der Waals surface area contributed by atoms with Crippen molar-refractivity contribution in [3.63, 3.8) is 0 Å². The quantitative estimate of drug-likeness (QED) is 0.223. The van der Waals surface area contributed by atoms with Crippen LogP contribution in [0.4, 0.5) is 20.4 Å². The van der Waals surface area contributed by atoms with Crippen molar-refractivity contribution < 1.29 is 42.2 Å². The predicted octanol–water partition coefficient (Wildman–Crippen LogP) is 4.17. The van der Waals surface area contributed by atoms with Gasteiger partial charge in [0.15, 0.2) is 0 Å². The first-order chi connectivity index (χ1) is 31.3. The summed E-state index contributed by atoms with van der Waals surface area (Å²) in [5.74, 6) is -3.79. The Morgan fingerprint density at radius 1 is 0.954 bits per heavy atom. The monoisotopic (exact) mass is 894 g/mol. The summed E-state index contributed by atoms with van der Waals surface area (Å²) in [7, 11) is 3.40. The van der Waals surface area contributed by atoms with E-state index in [9.17, 15) is 19.2 Å². The Morgan fingerprint density at radius 2 is 1.77 bits per heavy atom. The number of rotatable bonds is 7. The number of fused-ring (bicyclic) bond motifs is 7. The number of carbonyl (C=O) groups is 4. The summed E-state index contributed by atoms with van der Waals surface area (Å²) in [6.07, 6.45) is 1.96. The second-order valence-corrected chi connectivity index (χ2v) is 17.4. The van der Waals surface area contributed by atoms with E-state index in [-0.39, 0.29) is 61.4 Å². The molecule has 19 heteroatoms.